The number of nitrogens with zero attached hydrogens (tertiary/aromatic N) is 1. The van der Waals surface area contributed by atoms with Gasteiger partial charge in [-0.25, -0.2) is 4.79 Å². The molecule has 369 valence electrons. The maximum atomic E-state index is 14.1. The van der Waals surface area contributed by atoms with Gasteiger partial charge in [-0.05, 0) is 25.3 Å². The van der Waals surface area contributed by atoms with Crippen molar-refractivity contribution in [1.82, 2.24) is 36.8 Å². The first-order valence-corrected chi connectivity index (χ1v) is 23.4. The van der Waals surface area contributed by atoms with E-state index in [0.29, 0.717) is 31.4 Å². The van der Waals surface area contributed by atoms with Gasteiger partial charge in [0, 0.05) is 6.42 Å². The molecule has 66 heavy (non-hydrogen) atoms. The quantitative estimate of drug-likeness (QED) is 0.0301. The monoisotopic (exact) mass is 997 g/mol. The number of hydrogen-bond donors (Lipinski definition) is 12. The summed E-state index contributed by atoms with van der Waals surface area (Å²) in [6, 6.07) is -4.62. The molecule has 2 rings (SSSR count). The Morgan fingerprint density at radius 2 is 1.33 bits per heavy atom. The van der Waals surface area contributed by atoms with E-state index in [0.717, 1.165) is 0 Å². The van der Waals surface area contributed by atoms with Crippen LogP contribution in [0.15, 0.2) is 24.3 Å². The molecule has 22 nitrogen and oxygen atoms in total. The smallest absolute Gasteiger partial charge is 0.480 e. The summed E-state index contributed by atoms with van der Waals surface area (Å²) in [5, 5.41) is 45.4. The first kappa shape index (κ1) is 56.8. The van der Waals surface area contributed by atoms with E-state index in [2.05, 4.69) is 47.9 Å². The standard InChI is InChI=1S/C43H69N10O12Se/c1-22(2)19-30(42(63)53-18-8-10-32(53)39(60)48-28(43(64)65)9-6-7-17-44)50-38(59)31(21-66)51-41(62)35(24(5)54)52-37(58)29(20-25-11-13-26(55)14-12-25)49-36(57)27(15-16-33(45)56)47-40(61)34(46)23(3)4/h11-14,22-24,27-32,34-35,54-55H,6-10,15-21,44,46H2,1-5H3,(H2,45,56)(H,47,61)(H,48,60)(H,49,57)(H,50,59)(H,51,62)(H,52,58)(H,64,65)/t24-,27+,28+,29+,30+,31+,32+,34+,35+/m1/s1. The van der Waals surface area contributed by atoms with E-state index in [9.17, 15) is 58.5 Å². The molecule has 1 aromatic carbocycles. The molecule has 1 fully saturated rings. The Labute approximate surface area is 393 Å². The first-order chi connectivity index (χ1) is 31.0. The number of phenols is 1. The van der Waals surface area contributed by atoms with Gasteiger partial charge < -0.3 is 27.4 Å². The fourth-order valence-corrected chi connectivity index (χ4v) is 7.56. The van der Waals surface area contributed by atoms with Crippen molar-refractivity contribution in [3.63, 3.8) is 0 Å². The third-order valence-electron chi connectivity index (χ3n) is 10.9. The first-order valence-electron chi connectivity index (χ1n) is 22.1. The molecule has 0 aliphatic carbocycles. The van der Waals surface area contributed by atoms with Gasteiger partial charge in [-0.15, -0.1) is 0 Å². The average molecular weight is 997 g/mol. The van der Waals surface area contributed by atoms with Crippen molar-refractivity contribution >= 4 is 69.2 Å². The minimum absolute atomic E-state index is 0.0828. The van der Waals surface area contributed by atoms with Gasteiger partial charge in [0.25, 0.3) is 0 Å². The topological polar surface area (TPSA) is 368 Å². The van der Waals surface area contributed by atoms with Gasteiger partial charge in [0.2, 0.25) is 11.8 Å². The van der Waals surface area contributed by atoms with Crippen LogP contribution in [0, 0.1) is 11.8 Å². The molecular formula is C43H69N10O12Se. The summed E-state index contributed by atoms with van der Waals surface area (Å²) in [6.07, 6.45) is -0.309. The number of nitrogens with one attached hydrogen (secondary N) is 6. The van der Waals surface area contributed by atoms with Crippen molar-refractivity contribution in [2.45, 2.75) is 152 Å². The summed E-state index contributed by atoms with van der Waals surface area (Å²) in [4.78, 5) is 121. The summed E-state index contributed by atoms with van der Waals surface area (Å²) in [6.45, 7) is 8.76. The Bertz CT molecular complexity index is 1840. The van der Waals surface area contributed by atoms with E-state index in [1.165, 1.54) is 36.1 Å². The van der Waals surface area contributed by atoms with Gasteiger partial charge in [-0.2, -0.15) is 0 Å². The van der Waals surface area contributed by atoms with Crippen LogP contribution in [0.5, 0.6) is 5.75 Å². The second-order valence-corrected chi connectivity index (χ2v) is 18.0. The molecule has 1 heterocycles. The molecule has 15 N–H and O–H groups in total. The van der Waals surface area contributed by atoms with Crippen molar-refractivity contribution in [2.75, 3.05) is 13.1 Å². The van der Waals surface area contributed by atoms with E-state index in [1.54, 1.807) is 13.8 Å². The fraction of sp³-hybridized carbons (Fsp3) is 0.651. The third kappa shape index (κ3) is 18.5. The van der Waals surface area contributed by atoms with Gasteiger partial charge in [0.15, 0.2) is 0 Å². The molecule has 0 spiro atoms. The van der Waals surface area contributed by atoms with E-state index >= 15 is 0 Å². The van der Waals surface area contributed by atoms with Crippen molar-refractivity contribution in [2.24, 2.45) is 29.0 Å². The van der Waals surface area contributed by atoms with Crippen LogP contribution in [0.25, 0.3) is 0 Å². The van der Waals surface area contributed by atoms with Crippen LogP contribution in [0.3, 0.4) is 0 Å². The minimum atomic E-state index is -1.71. The molecule has 23 heteroatoms. The summed E-state index contributed by atoms with van der Waals surface area (Å²) >= 11 is 2.67. The molecule has 1 radical (unpaired) electrons. The number of aromatic hydroxyl groups is 1. The Morgan fingerprint density at radius 1 is 0.758 bits per heavy atom. The summed E-state index contributed by atoms with van der Waals surface area (Å²) in [5.74, 6) is -8.12. The van der Waals surface area contributed by atoms with Crippen LogP contribution in [0.1, 0.15) is 91.5 Å². The second kappa shape index (κ2) is 28.0. The number of benzene rings is 1. The van der Waals surface area contributed by atoms with Gasteiger partial charge in [0.05, 0.1) is 6.04 Å². The number of rotatable bonds is 28. The minimum Gasteiger partial charge on any atom is -0.480 e. The number of carboxylic acids is 1. The average Bonchev–Trinajstić information content (AvgIpc) is 3.75. The van der Waals surface area contributed by atoms with Gasteiger partial charge >= 0.3 is 283 Å². The number of carbonyl (C=O) groups excluding carboxylic acids is 8. The van der Waals surface area contributed by atoms with Crippen molar-refractivity contribution in [1.29, 1.82) is 0 Å². The van der Waals surface area contributed by atoms with Gasteiger partial charge in [-0.3, -0.25) is 9.59 Å². The Hall–Kier alpha value is -5.35. The molecule has 1 aromatic rings. The normalized spacial score (nSPS) is 17.3. The summed E-state index contributed by atoms with van der Waals surface area (Å²) in [7, 11) is 0. The number of aliphatic hydroxyl groups excluding tert-OH is 1. The molecule has 9 atom stereocenters. The number of unbranched alkanes of at least 4 members (excludes halogenated alkanes) is 1. The van der Waals surface area contributed by atoms with E-state index in [-0.39, 0.29) is 68.0 Å². The molecule has 0 unspecified atom stereocenters. The number of likely N-dealkylation sites (tertiary alicyclic amines) is 1. The number of hydrogen-bond acceptors (Lipinski definition) is 13. The zero-order valence-corrected chi connectivity index (χ0v) is 40.0. The number of amides is 8. The molecule has 1 aliphatic heterocycles. The predicted molar refractivity (Wildman–Crippen MR) is 242 cm³/mol. The van der Waals surface area contributed by atoms with Crippen LogP contribution >= 0.6 is 0 Å². The fourth-order valence-electron chi connectivity index (χ4n) is 7.07. The maximum absolute atomic E-state index is 14.1. The Balaban J connectivity index is 2.32. The van der Waals surface area contributed by atoms with Gasteiger partial charge in [-0.1, -0.05) is 13.8 Å². The van der Waals surface area contributed by atoms with Crippen LogP contribution in [-0.4, -0.2) is 157 Å². The second-order valence-electron chi connectivity index (χ2n) is 17.3. The van der Waals surface area contributed by atoms with Crippen LogP contribution < -0.4 is 49.1 Å². The third-order valence-corrected chi connectivity index (χ3v) is 11.6. The van der Waals surface area contributed by atoms with Crippen molar-refractivity contribution < 1.29 is 58.5 Å². The van der Waals surface area contributed by atoms with Crippen LogP contribution in [0.2, 0.25) is 5.32 Å². The molecule has 0 aromatic heterocycles. The molecule has 0 saturated carbocycles. The molecule has 0 bridgehead atoms. The molecule has 1 saturated heterocycles. The zero-order chi connectivity index (χ0) is 49.8. The van der Waals surface area contributed by atoms with Crippen LogP contribution in [0.4, 0.5) is 0 Å². The molecule has 1 aliphatic rings. The molecular weight excluding hydrogens is 927 g/mol. The number of carbonyl (C=O) groups is 9. The van der Waals surface area contributed by atoms with E-state index in [1.807, 2.05) is 13.8 Å². The Morgan fingerprint density at radius 3 is 1.88 bits per heavy atom. The van der Waals surface area contributed by atoms with Crippen molar-refractivity contribution in [3.05, 3.63) is 29.8 Å². The van der Waals surface area contributed by atoms with E-state index < -0.39 is 108 Å². The number of phenolic OH excluding ortho intramolecular Hbond substituents is 1. The Kier molecular flexibility index (Phi) is 24.1. The number of aliphatic hydroxyl groups is 1. The zero-order valence-electron chi connectivity index (χ0n) is 38.2. The van der Waals surface area contributed by atoms with Crippen LogP contribution in [-0.2, 0) is 49.6 Å². The van der Waals surface area contributed by atoms with Gasteiger partial charge in [0.1, 0.15) is 5.75 Å². The molecule has 8 amide bonds. The van der Waals surface area contributed by atoms with Crippen molar-refractivity contribution in [3.8, 4) is 5.75 Å². The number of primary amides is 1. The van der Waals surface area contributed by atoms with E-state index in [4.69, 9.17) is 17.2 Å². The summed E-state index contributed by atoms with van der Waals surface area (Å²) in [5.41, 5.74) is 17.3. The number of carboxylic acid groups (broad SMARTS) is 1. The number of nitrogens with two attached hydrogens (primary N) is 3. The number of aliphatic carboxylic acids is 1. The predicted octanol–water partition coefficient (Wildman–Crippen LogP) is -2.69. The summed E-state index contributed by atoms with van der Waals surface area (Å²) < 4.78 is 0. The SMILES string of the molecule is CC(C)C[C@H](NC(=O)[C@H](C[Se])NC(=O)[C@@H](NC(=O)[C@H](Cc1ccc(O)cc1)NC(=O)[C@H](CCC(N)=O)NC(=O)[C@@H](N)C(C)C)[C@@H](C)O)C(=O)N1CCC[C@H]1C(=O)N[C@@H](CCCCN)C(=O)O.